The fraction of sp³-hybridized carbons (Fsp3) is 0.150. The van der Waals surface area contributed by atoms with Crippen molar-refractivity contribution in [1.82, 2.24) is 19.1 Å². The van der Waals surface area contributed by atoms with Gasteiger partial charge in [0.15, 0.2) is 22.9 Å². The molecule has 3 heterocycles. The van der Waals surface area contributed by atoms with Gasteiger partial charge in [-0.2, -0.15) is 0 Å². The van der Waals surface area contributed by atoms with Crippen LogP contribution < -0.4 is 11.4 Å². The second kappa shape index (κ2) is 7.85. The van der Waals surface area contributed by atoms with Crippen molar-refractivity contribution < 1.29 is 9.59 Å². The third-order valence-electron chi connectivity index (χ3n) is 4.61. The van der Waals surface area contributed by atoms with E-state index in [-0.39, 0.29) is 29.2 Å². The van der Waals surface area contributed by atoms with Gasteiger partial charge < -0.3 is 5.73 Å². The average Bonchev–Trinajstić information content (AvgIpc) is 3.35. The maximum absolute atomic E-state index is 13.0. The molecule has 0 bridgehead atoms. The number of amides is 1. The van der Waals surface area contributed by atoms with Crippen LogP contribution in [-0.2, 0) is 13.1 Å². The van der Waals surface area contributed by atoms with Gasteiger partial charge in [-0.3, -0.25) is 18.7 Å². The molecule has 4 aromatic rings. The second-order valence-electron chi connectivity index (χ2n) is 6.45. The summed E-state index contributed by atoms with van der Waals surface area (Å²) in [6.45, 7) is 1.80. The molecule has 1 aromatic carbocycles. The summed E-state index contributed by atoms with van der Waals surface area (Å²) in [5.41, 5.74) is 5.82. The zero-order chi connectivity index (χ0) is 21.4. The van der Waals surface area contributed by atoms with E-state index in [4.69, 9.17) is 17.3 Å². The Balaban J connectivity index is 1.92. The van der Waals surface area contributed by atoms with E-state index in [0.717, 1.165) is 4.88 Å². The van der Waals surface area contributed by atoms with Crippen molar-refractivity contribution in [2.24, 2.45) is 5.73 Å². The van der Waals surface area contributed by atoms with E-state index in [9.17, 15) is 14.4 Å². The number of fused-ring (bicyclic) bond motifs is 1. The molecule has 2 N–H and O–H groups in total. The van der Waals surface area contributed by atoms with Crippen LogP contribution in [0.2, 0.25) is 5.02 Å². The maximum atomic E-state index is 13.0. The molecule has 10 heteroatoms. The summed E-state index contributed by atoms with van der Waals surface area (Å²) in [7, 11) is 0. The number of ketones is 1. The predicted octanol–water partition coefficient (Wildman–Crippen LogP) is 2.98. The number of Topliss-reactive ketones (excluding diaryl/α,β-unsaturated/α-hetero) is 1. The van der Waals surface area contributed by atoms with Crippen molar-refractivity contribution in [3.05, 3.63) is 68.5 Å². The molecule has 30 heavy (non-hydrogen) atoms. The Kier molecular flexibility index (Phi) is 5.23. The van der Waals surface area contributed by atoms with E-state index in [2.05, 4.69) is 9.97 Å². The normalized spacial score (nSPS) is 11.1. The first-order valence-electron chi connectivity index (χ1n) is 9.04. The van der Waals surface area contributed by atoms with Crippen LogP contribution in [0.25, 0.3) is 21.9 Å². The number of carbonyl (C=O) groups excluding carboxylic acids is 2. The topological polar surface area (TPSA) is 113 Å². The van der Waals surface area contributed by atoms with Crippen LogP contribution in [0.1, 0.15) is 27.8 Å². The summed E-state index contributed by atoms with van der Waals surface area (Å²) in [6, 6.07) is 9.99. The number of aryl methyl sites for hydroxylation is 1. The van der Waals surface area contributed by atoms with Gasteiger partial charge in [0.05, 0.1) is 11.4 Å². The highest BCUT2D eigenvalue weighted by Crippen LogP contribution is 2.25. The molecule has 0 aliphatic carbocycles. The number of nitrogens with two attached hydrogens (primary N) is 1. The molecule has 0 fully saturated rings. The number of rotatable bonds is 6. The molecule has 152 valence electrons. The summed E-state index contributed by atoms with van der Waals surface area (Å²) in [5, 5.41) is 2.35. The van der Waals surface area contributed by atoms with Gasteiger partial charge in [0.1, 0.15) is 5.52 Å². The summed E-state index contributed by atoms with van der Waals surface area (Å²) < 4.78 is 2.60. The van der Waals surface area contributed by atoms with Gasteiger partial charge in [-0.05, 0) is 42.6 Å². The van der Waals surface area contributed by atoms with E-state index in [1.165, 1.54) is 20.5 Å². The third kappa shape index (κ3) is 3.42. The highest BCUT2D eigenvalue weighted by Gasteiger charge is 2.24. The number of thiophene rings is 1. The molecule has 0 radical (unpaired) electrons. The first-order chi connectivity index (χ1) is 14.4. The number of nitrogens with zero attached hydrogens (tertiary/aromatic N) is 4. The zero-order valence-corrected chi connectivity index (χ0v) is 17.4. The molecule has 8 nitrogen and oxygen atoms in total. The molecule has 0 saturated heterocycles. The quantitative estimate of drug-likeness (QED) is 0.462. The summed E-state index contributed by atoms with van der Waals surface area (Å²) in [4.78, 5) is 47.6. The lowest BCUT2D eigenvalue weighted by atomic mass is 10.1. The minimum Gasteiger partial charge on any atom is -0.364 e. The van der Waals surface area contributed by atoms with Gasteiger partial charge in [0.2, 0.25) is 0 Å². The van der Waals surface area contributed by atoms with Gasteiger partial charge in [0.25, 0.3) is 5.91 Å². The van der Waals surface area contributed by atoms with Gasteiger partial charge in [0, 0.05) is 17.1 Å². The fourth-order valence-corrected chi connectivity index (χ4v) is 3.99. The number of primary amides is 1. The van der Waals surface area contributed by atoms with Crippen LogP contribution >= 0.6 is 22.9 Å². The SMILES string of the molecule is CCn1c(=O)n(CC(=O)c2ccc(Cl)cc2)c2c(C(N)=O)nc(-c3cccs3)nc21. The van der Waals surface area contributed by atoms with Crippen LogP contribution in [-0.4, -0.2) is 30.8 Å². The Hall–Kier alpha value is -3.30. The maximum Gasteiger partial charge on any atom is 0.330 e. The van der Waals surface area contributed by atoms with Crippen LogP contribution in [0.15, 0.2) is 46.6 Å². The zero-order valence-electron chi connectivity index (χ0n) is 15.8. The molecule has 0 atom stereocenters. The number of benzene rings is 1. The molecule has 0 spiro atoms. The first-order valence-corrected chi connectivity index (χ1v) is 10.3. The summed E-state index contributed by atoms with van der Waals surface area (Å²) in [6.07, 6.45) is 0. The lowest BCUT2D eigenvalue weighted by Crippen LogP contribution is -2.27. The van der Waals surface area contributed by atoms with Crippen molar-refractivity contribution in [2.45, 2.75) is 20.0 Å². The molecule has 0 aliphatic heterocycles. The van der Waals surface area contributed by atoms with E-state index >= 15 is 0 Å². The van der Waals surface area contributed by atoms with Crippen LogP contribution in [0.5, 0.6) is 0 Å². The van der Waals surface area contributed by atoms with Crippen molar-refractivity contribution >= 4 is 45.8 Å². The van der Waals surface area contributed by atoms with E-state index < -0.39 is 11.6 Å². The van der Waals surface area contributed by atoms with Crippen molar-refractivity contribution in [3.63, 3.8) is 0 Å². The predicted molar refractivity (Wildman–Crippen MR) is 115 cm³/mol. The Labute approximate surface area is 179 Å². The molecule has 0 saturated carbocycles. The summed E-state index contributed by atoms with van der Waals surface area (Å²) in [5.74, 6) is -0.822. The van der Waals surface area contributed by atoms with Gasteiger partial charge in [-0.1, -0.05) is 17.7 Å². The standard InChI is InChI=1S/C20H16ClN5O3S/c1-2-25-19-16(15(17(22)28)23-18(24-19)14-4-3-9-30-14)26(20(25)29)10-13(27)11-5-7-12(21)8-6-11/h3-9H,2,10H2,1H3,(H2,22,28). The number of hydrogen-bond donors (Lipinski definition) is 1. The molecule has 0 unspecified atom stereocenters. The van der Waals surface area contributed by atoms with Gasteiger partial charge in [-0.15, -0.1) is 11.3 Å². The first kappa shape index (κ1) is 20.0. The second-order valence-corrected chi connectivity index (χ2v) is 7.84. The third-order valence-corrected chi connectivity index (χ3v) is 5.73. The number of carbonyl (C=O) groups is 2. The Morgan fingerprint density at radius 3 is 2.47 bits per heavy atom. The van der Waals surface area contributed by atoms with E-state index in [1.807, 2.05) is 17.5 Å². The number of imidazole rings is 1. The molecule has 3 aromatic heterocycles. The Morgan fingerprint density at radius 1 is 1.13 bits per heavy atom. The van der Waals surface area contributed by atoms with Crippen LogP contribution in [0, 0.1) is 0 Å². The van der Waals surface area contributed by atoms with Gasteiger partial charge in [-0.25, -0.2) is 14.8 Å². The smallest absolute Gasteiger partial charge is 0.330 e. The van der Waals surface area contributed by atoms with E-state index in [0.29, 0.717) is 23.0 Å². The Bertz CT molecular complexity index is 1320. The summed E-state index contributed by atoms with van der Waals surface area (Å²) >= 11 is 7.28. The highest BCUT2D eigenvalue weighted by atomic mass is 35.5. The van der Waals surface area contributed by atoms with Crippen molar-refractivity contribution in [1.29, 1.82) is 0 Å². The molecular formula is C20H16ClN5O3S. The average molecular weight is 442 g/mol. The lowest BCUT2D eigenvalue weighted by Gasteiger charge is -2.07. The minimum atomic E-state index is -0.804. The fourth-order valence-electron chi connectivity index (χ4n) is 3.20. The highest BCUT2D eigenvalue weighted by molar-refractivity contribution is 7.13. The number of aromatic nitrogens is 4. The minimum absolute atomic E-state index is 0.100. The molecule has 4 rings (SSSR count). The number of halogens is 1. The molecule has 1 amide bonds. The molecular weight excluding hydrogens is 426 g/mol. The number of hydrogen-bond acceptors (Lipinski definition) is 6. The lowest BCUT2D eigenvalue weighted by molar-refractivity contribution is 0.0966. The van der Waals surface area contributed by atoms with Crippen molar-refractivity contribution in [2.75, 3.05) is 0 Å². The van der Waals surface area contributed by atoms with Crippen LogP contribution in [0.4, 0.5) is 0 Å². The van der Waals surface area contributed by atoms with Gasteiger partial charge >= 0.3 is 5.69 Å². The monoisotopic (exact) mass is 441 g/mol. The van der Waals surface area contributed by atoms with Crippen LogP contribution in [0.3, 0.4) is 0 Å². The van der Waals surface area contributed by atoms with Crippen molar-refractivity contribution in [3.8, 4) is 10.7 Å². The molecule has 0 aliphatic rings. The Morgan fingerprint density at radius 2 is 1.87 bits per heavy atom. The largest absolute Gasteiger partial charge is 0.364 e. The van der Waals surface area contributed by atoms with E-state index in [1.54, 1.807) is 31.2 Å².